The molecule has 0 heterocycles. The first-order chi connectivity index (χ1) is 7.82. The van der Waals surface area contributed by atoms with Crippen LogP contribution in [-0.4, -0.2) is 35.0 Å². The van der Waals surface area contributed by atoms with E-state index < -0.39 is 0 Å². The molecule has 3 N–H and O–H groups in total. The molecule has 0 radical (unpaired) electrons. The van der Waals surface area contributed by atoms with Gasteiger partial charge in [0.15, 0.2) is 0 Å². The first-order valence-corrected chi connectivity index (χ1v) is 6.86. The van der Waals surface area contributed by atoms with Crippen molar-refractivity contribution in [2.24, 2.45) is 11.3 Å². The molecule has 0 aromatic rings. The zero-order valence-electron chi connectivity index (χ0n) is 11.8. The molecule has 0 amide bonds. The van der Waals surface area contributed by atoms with Crippen molar-refractivity contribution in [3.63, 3.8) is 0 Å². The SMILES string of the molecule is CC[C@@H](O)CNC1(CO)CC(C)CC(C)(C)C1. The maximum Gasteiger partial charge on any atom is 0.0662 e. The zero-order valence-corrected chi connectivity index (χ0v) is 11.8. The summed E-state index contributed by atoms with van der Waals surface area (Å²) in [5.74, 6) is 0.622. The van der Waals surface area contributed by atoms with Gasteiger partial charge < -0.3 is 15.5 Å². The Hall–Kier alpha value is -0.120. The van der Waals surface area contributed by atoms with Crippen LogP contribution in [0.3, 0.4) is 0 Å². The van der Waals surface area contributed by atoms with Crippen LogP contribution in [0.2, 0.25) is 0 Å². The fourth-order valence-corrected chi connectivity index (χ4v) is 3.53. The van der Waals surface area contributed by atoms with Crippen LogP contribution in [0.15, 0.2) is 0 Å². The molecule has 3 heteroatoms. The Kier molecular flexibility index (Phi) is 4.99. The van der Waals surface area contributed by atoms with Gasteiger partial charge in [0.05, 0.1) is 12.7 Å². The molecule has 1 aliphatic carbocycles. The van der Waals surface area contributed by atoms with E-state index in [-0.39, 0.29) is 23.7 Å². The summed E-state index contributed by atoms with van der Waals surface area (Å²) in [6.07, 6.45) is 3.65. The number of hydrogen-bond acceptors (Lipinski definition) is 3. The van der Waals surface area contributed by atoms with Gasteiger partial charge in [-0.15, -0.1) is 0 Å². The molecule has 1 fully saturated rings. The minimum absolute atomic E-state index is 0.164. The Balaban J connectivity index is 2.66. The van der Waals surface area contributed by atoms with Gasteiger partial charge in [-0.3, -0.25) is 0 Å². The summed E-state index contributed by atoms with van der Waals surface area (Å²) >= 11 is 0. The van der Waals surface area contributed by atoms with Crippen LogP contribution in [0.1, 0.15) is 53.4 Å². The summed E-state index contributed by atoms with van der Waals surface area (Å²) < 4.78 is 0. The van der Waals surface area contributed by atoms with Crippen molar-refractivity contribution in [1.82, 2.24) is 5.32 Å². The molecule has 1 rings (SSSR count). The first kappa shape index (κ1) is 14.9. The molecule has 17 heavy (non-hydrogen) atoms. The number of β-amino-alcohol motifs (C(OH)–C–C–N with tert-alkyl or cyclic N) is 1. The number of aliphatic hydroxyl groups is 2. The van der Waals surface area contributed by atoms with E-state index in [1.165, 1.54) is 6.42 Å². The largest absolute Gasteiger partial charge is 0.394 e. The molecular weight excluding hydrogens is 214 g/mol. The zero-order chi connectivity index (χ0) is 13.1. The second kappa shape index (κ2) is 5.68. The van der Waals surface area contributed by atoms with Gasteiger partial charge in [-0.1, -0.05) is 27.7 Å². The van der Waals surface area contributed by atoms with Crippen molar-refractivity contribution >= 4 is 0 Å². The van der Waals surface area contributed by atoms with Gasteiger partial charge in [0, 0.05) is 12.1 Å². The van der Waals surface area contributed by atoms with Crippen LogP contribution < -0.4 is 5.32 Å². The molecule has 0 saturated heterocycles. The minimum Gasteiger partial charge on any atom is -0.394 e. The van der Waals surface area contributed by atoms with E-state index in [9.17, 15) is 10.2 Å². The third-order valence-corrected chi connectivity index (χ3v) is 3.94. The summed E-state index contributed by atoms with van der Waals surface area (Å²) in [7, 11) is 0. The Morgan fingerprint density at radius 1 is 1.35 bits per heavy atom. The lowest BCUT2D eigenvalue weighted by Gasteiger charge is -2.47. The van der Waals surface area contributed by atoms with Gasteiger partial charge in [0.2, 0.25) is 0 Å². The van der Waals surface area contributed by atoms with Gasteiger partial charge >= 0.3 is 0 Å². The van der Waals surface area contributed by atoms with Crippen LogP contribution in [0.4, 0.5) is 0 Å². The lowest BCUT2D eigenvalue weighted by Crippen LogP contribution is -2.56. The normalized spacial score (nSPS) is 34.6. The highest BCUT2D eigenvalue weighted by atomic mass is 16.3. The molecule has 0 bridgehead atoms. The molecule has 0 spiro atoms. The van der Waals surface area contributed by atoms with E-state index in [4.69, 9.17) is 0 Å². The van der Waals surface area contributed by atoms with Crippen molar-refractivity contribution < 1.29 is 10.2 Å². The van der Waals surface area contributed by atoms with Gasteiger partial charge in [0.25, 0.3) is 0 Å². The van der Waals surface area contributed by atoms with Gasteiger partial charge in [0.1, 0.15) is 0 Å². The van der Waals surface area contributed by atoms with Gasteiger partial charge in [-0.25, -0.2) is 0 Å². The maximum absolute atomic E-state index is 9.73. The second-order valence-corrected chi connectivity index (χ2v) is 6.74. The third-order valence-electron chi connectivity index (χ3n) is 3.94. The van der Waals surface area contributed by atoms with Crippen LogP contribution in [0.5, 0.6) is 0 Å². The van der Waals surface area contributed by atoms with E-state index in [1.807, 2.05) is 6.92 Å². The highest BCUT2D eigenvalue weighted by Gasteiger charge is 2.42. The molecule has 3 nitrogen and oxygen atoms in total. The van der Waals surface area contributed by atoms with Gasteiger partial charge in [-0.2, -0.15) is 0 Å². The van der Waals surface area contributed by atoms with Crippen LogP contribution in [-0.2, 0) is 0 Å². The molecule has 3 atom stereocenters. The van der Waals surface area contributed by atoms with Crippen LogP contribution >= 0.6 is 0 Å². The van der Waals surface area contributed by atoms with Gasteiger partial charge in [-0.05, 0) is 37.0 Å². The predicted molar refractivity (Wildman–Crippen MR) is 70.9 cm³/mol. The summed E-state index contributed by atoms with van der Waals surface area (Å²) in [4.78, 5) is 0. The Morgan fingerprint density at radius 2 is 2.00 bits per heavy atom. The van der Waals surface area contributed by atoms with Crippen molar-refractivity contribution in [3.8, 4) is 0 Å². The molecule has 0 aromatic carbocycles. The third kappa shape index (κ3) is 4.23. The molecule has 1 saturated carbocycles. The van der Waals surface area contributed by atoms with Crippen LogP contribution in [0, 0.1) is 11.3 Å². The van der Waals surface area contributed by atoms with Crippen molar-refractivity contribution in [1.29, 1.82) is 0 Å². The van der Waals surface area contributed by atoms with Crippen molar-refractivity contribution in [2.45, 2.75) is 65.0 Å². The number of rotatable bonds is 5. The Morgan fingerprint density at radius 3 is 2.47 bits per heavy atom. The smallest absolute Gasteiger partial charge is 0.0662 e. The highest BCUT2D eigenvalue weighted by molar-refractivity contribution is 4.98. The molecule has 102 valence electrons. The van der Waals surface area contributed by atoms with Crippen molar-refractivity contribution in [2.75, 3.05) is 13.2 Å². The fraction of sp³-hybridized carbons (Fsp3) is 1.00. The lowest BCUT2D eigenvalue weighted by atomic mass is 9.64. The highest BCUT2D eigenvalue weighted by Crippen LogP contribution is 2.43. The minimum atomic E-state index is -0.307. The summed E-state index contributed by atoms with van der Waals surface area (Å²) in [6, 6.07) is 0. The van der Waals surface area contributed by atoms with E-state index in [1.54, 1.807) is 0 Å². The lowest BCUT2D eigenvalue weighted by molar-refractivity contribution is 0.0265. The number of hydrogen-bond donors (Lipinski definition) is 3. The summed E-state index contributed by atoms with van der Waals surface area (Å²) in [5, 5.41) is 22.8. The molecule has 0 aliphatic heterocycles. The monoisotopic (exact) mass is 243 g/mol. The Labute approximate surface area is 106 Å². The van der Waals surface area contributed by atoms with E-state index in [0.29, 0.717) is 12.5 Å². The maximum atomic E-state index is 9.73. The average Bonchev–Trinajstić information content (AvgIpc) is 2.23. The number of aliphatic hydroxyl groups excluding tert-OH is 2. The fourth-order valence-electron chi connectivity index (χ4n) is 3.53. The standard InChI is InChI=1S/C14H29NO2/c1-5-12(17)8-15-14(10-16)7-11(2)6-13(3,4)9-14/h11-12,15-17H,5-10H2,1-4H3/t11?,12-,14?/m1/s1. The number of nitrogens with one attached hydrogen (secondary N) is 1. The van der Waals surface area contributed by atoms with Crippen LogP contribution in [0.25, 0.3) is 0 Å². The average molecular weight is 243 g/mol. The predicted octanol–water partition coefficient (Wildman–Crippen LogP) is 1.92. The Bertz CT molecular complexity index is 242. The molecule has 2 unspecified atom stereocenters. The first-order valence-electron chi connectivity index (χ1n) is 6.86. The second-order valence-electron chi connectivity index (χ2n) is 6.74. The van der Waals surface area contributed by atoms with E-state index in [0.717, 1.165) is 19.3 Å². The van der Waals surface area contributed by atoms with E-state index in [2.05, 4.69) is 26.1 Å². The molecule has 1 aliphatic rings. The molecular formula is C14H29NO2. The summed E-state index contributed by atoms with van der Waals surface area (Å²) in [5.41, 5.74) is 0.0713. The topological polar surface area (TPSA) is 52.5 Å². The quantitative estimate of drug-likeness (QED) is 0.691. The summed E-state index contributed by atoms with van der Waals surface area (Å²) in [6.45, 7) is 9.52. The van der Waals surface area contributed by atoms with Crippen molar-refractivity contribution in [3.05, 3.63) is 0 Å². The van der Waals surface area contributed by atoms with E-state index >= 15 is 0 Å². The molecule has 0 aromatic heterocycles.